The quantitative estimate of drug-likeness (QED) is 0.637. The zero-order chi connectivity index (χ0) is 19.8. The highest BCUT2D eigenvalue weighted by Gasteiger charge is 2.25. The highest BCUT2D eigenvalue weighted by Crippen LogP contribution is 2.18. The van der Waals surface area contributed by atoms with Gasteiger partial charge >= 0.3 is 0 Å². The Kier molecular flexibility index (Phi) is 4.72. The Hall–Kier alpha value is -3.18. The third-order valence-electron chi connectivity index (χ3n) is 3.66. The first-order valence-electron chi connectivity index (χ1n) is 7.44. The Morgan fingerprint density at radius 2 is 1.63 bits per heavy atom. The average molecular weight is 394 g/mol. The van der Waals surface area contributed by atoms with Crippen molar-refractivity contribution in [1.82, 2.24) is 20.0 Å². The fourth-order valence-corrected chi connectivity index (χ4v) is 3.41. The van der Waals surface area contributed by atoms with E-state index in [0.29, 0.717) is 0 Å². The maximum Gasteiger partial charge on any atom is 0.287 e. The van der Waals surface area contributed by atoms with Gasteiger partial charge < -0.3 is 0 Å². The van der Waals surface area contributed by atoms with Crippen molar-refractivity contribution in [2.45, 2.75) is 4.90 Å². The number of benzene rings is 2. The van der Waals surface area contributed by atoms with Gasteiger partial charge in [0.15, 0.2) is 10.6 Å². The number of rotatable bonds is 4. The van der Waals surface area contributed by atoms with Gasteiger partial charge in [-0.3, -0.25) is 15.0 Å². The van der Waals surface area contributed by atoms with Crippen molar-refractivity contribution < 1.29 is 22.0 Å². The van der Waals surface area contributed by atoms with Gasteiger partial charge in [0.05, 0.1) is 5.39 Å². The van der Waals surface area contributed by atoms with Gasteiger partial charge in [0.25, 0.3) is 21.5 Å². The minimum atomic E-state index is -4.72. The van der Waals surface area contributed by atoms with Crippen LogP contribution in [0.25, 0.3) is 10.8 Å². The number of fused-ring (bicyclic) bond motifs is 1. The maximum absolute atomic E-state index is 13.7. The first-order chi connectivity index (χ1) is 12.7. The van der Waals surface area contributed by atoms with Gasteiger partial charge in [0.1, 0.15) is 11.6 Å². The molecule has 0 aliphatic carbocycles. The molecule has 3 rings (SSSR count). The molecule has 0 fully saturated rings. The van der Waals surface area contributed by atoms with Gasteiger partial charge in [-0.05, 0) is 18.2 Å². The van der Waals surface area contributed by atoms with Crippen molar-refractivity contribution in [3.05, 3.63) is 70.1 Å². The smallest absolute Gasteiger partial charge is 0.272 e. The number of carbonyl (C=O) groups is 1. The SMILES string of the molecule is Cn1nc(C(=O)NNS(=O)(=O)c2c(F)cccc2F)c2ccccc2c1=O. The van der Waals surface area contributed by atoms with E-state index in [1.807, 2.05) is 5.43 Å². The standard InChI is InChI=1S/C16H12F2N4O4S/c1-22-16(24)10-6-3-2-5-9(10)13(20-22)15(23)19-21-27(25,26)14-11(17)7-4-8-12(14)18/h2-8,21H,1H3,(H,19,23). The summed E-state index contributed by atoms with van der Waals surface area (Å²) in [6.07, 6.45) is 0. The number of halogens is 2. The van der Waals surface area contributed by atoms with E-state index in [-0.39, 0.29) is 16.5 Å². The van der Waals surface area contributed by atoms with Crippen molar-refractivity contribution in [3.63, 3.8) is 0 Å². The number of hydrogen-bond acceptors (Lipinski definition) is 5. The maximum atomic E-state index is 13.7. The molecular weight excluding hydrogens is 382 g/mol. The van der Waals surface area contributed by atoms with Crippen molar-refractivity contribution >= 4 is 26.7 Å². The lowest BCUT2D eigenvalue weighted by molar-refractivity contribution is 0.0939. The summed E-state index contributed by atoms with van der Waals surface area (Å²) in [6.45, 7) is 0. The average Bonchev–Trinajstić information content (AvgIpc) is 2.62. The summed E-state index contributed by atoms with van der Waals surface area (Å²) in [7, 11) is -3.40. The lowest BCUT2D eigenvalue weighted by atomic mass is 10.1. The summed E-state index contributed by atoms with van der Waals surface area (Å²) in [6, 6.07) is 8.64. The van der Waals surface area contributed by atoms with Gasteiger partial charge in [0.2, 0.25) is 0 Å². The van der Waals surface area contributed by atoms with E-state index in [9.17, 15) is 26.8 Å². The lowest BCUT2D eigenvalue weighted by Crippen LogP contribution is -2.43. The van der Waals surface area contributed by atoms with Crippen molar-refractivity contribution in [2.24, 2.45) is 7.05 Å². The molecule has 0 unspecified atom stereocenters. The second-order valence-corrected chi connectivity index (χ2v) is 7.05. The molecule has 0 aliphatic heterocycles. The van der Waals surface area contributed by atoms with Crippen LogP contribution >= 0.6 is 0 Å². The number of nitrogens with zero attached hydrogens (tertiary/aromatic N) is 2. The molecule has 0 saturated heterocycles. The van der Waals surface area contributed by atoms with E-state index in [1.54, 1.807) is 17.0 Å². The normalized spacial score (nSPS) is 11.5. The second kappa shape index (κ2) is 6.85. The van der Waals surface area contributed by atoms with Crippen LogP contribution in [0.5, 0.6) is 0 Å². The van der Waals surface area contributed by atoms with Crippen LogP contribution in [0.2, 0.25) is 0 Å². The van der Waals surface area contributed by atoms with Gasteiger partial charge in [-0.25, -0.2) is 21.9 Å². The molecule has 1 aromatic heterocycles. The molecule has 0 aliphatic rings. The Bertz CT molecular complexity index is 1200. The van der Waals surface area contributed by atoms with Crippen LogP contribution in [0.1, 0.15) is 10.5 Å². The van der Waals surface area contributed by atoms with Crippen molar-refractivity contribution in [3.8, 4) is 0 Å². The molecule has 8 nitrogen and oxygen atoms in total. The molecule has 0 atom stereocenters. The van der Waals surface area contributed by atoms with Gasteiger partial charge in [-0.1, -0.05) is 24.3 Å². The minimum Gasteiger partial charge on any atom is -0.272 e. The van der Waals surface area contributed by atoms with Crippen LogP contribution in [0.3, 0.4) is 0 Å². The molecule has 2 N–H and O–H groups in total. The zero-order valence-electron chi connectivity index (χ0n) is 13.7. The predicted molar refractivity (Wildman–Crippen MR) is 91.1 cm³/mol. The Labute approximate surface area is 151 Å². The Balaban J connectivity index is 1.94. The Morgan fingerprint density at radius 3 is 2.26 bits per heavy atom. The summed E-state index contributed by atoms with van der Waals surface area (Å²) in [5.74, 6) is -3.65. The van der Waals surface area contributed by atoms with Crippen LogP contribution in [0.15, 0.2) is 52.2 Å². The largest absolute Gasteiger partial charge is 0.287 e. The number of hydrogen-bond donors (Lipinski definition) is 2. The summed E-state index contributed by atoms with van der Waals surface area (Å²) in [5, 5.41) is 4.21. The Morgan fingerprint density at radius 1 is 1.04 bits per heavy atom. The van der Waals surface area contributed by atoms with E-state index in [1.165, 1.54) is 19.2 Å². The lowest BCUT2D eigenvalue weighted by Gasteiger charge is -2.11. The van der Waals surface area contributed by atoms with Crippen LogP contribution in [-0.4, -0.2) is 24.1 Å². The van der Waals surface area contributed by atoms with Gasteiger partial charge in [0, 0.05) is 12.4 Å². The second-order valence-electron chi connectivity index (χ2n) is 5.43. The first-order valence-corrected chi connectivity index (χ1v) is 8.93. The van der Waals surface area contributed by atoms with Gasteiger partial charge in [-0.2, -0.15) is 5.10 Å². The summed E-state index contributed by atoms with van der Waals surface area (Å²) in [4.78, 5) is 24.8. The van der Waals surface area contributed by atoms with Crippen LogP contribution < -0.4 is 15.8 Å². The molecule has 27 heavy (non-hydrogen) atoms. The molecule has 3 aromatic rings. The third-order valence-corrected chi connectivity index (χ3v) is 4.96. The summed E-state index contributed by atoms with van der Waals surface area (Å²) < 4.78 is 52.5. The van der Waals surface area contributed by atoms with E-state index >= 15 is 0 Å². The minimum absolute atomic E-state index is 0.189. The van der Waals surface area contributed by atoms with E-state index in [4.69, 9.17) is 0 Å². The molecule has 0 radical (unpaired) electrons. The third kappa shape index (κ3) is 3.41. The topological polar surface area (TPSA) is 110 Å². The first kappa shape index (κ1) is 18.6. The van der Waals surface area contributed by atoms with Crippen LogP contribution in [-0.2, 0) is 17.1 Å². The highest BCUT2D eigenvalue weighted by atomic mass is 32.2. The molecule has 1 heterocycles. The summed E-state index contributed by atoms with van der Waals surface area (Å²) in [5.41, 5.74) is 1.15. The molecule has 0 bridgehead atoms. The molecule has 2 aromatic carbocycles. The predicted octanol–water partition coefficient (Wildman–Crippen LogP) is 0.835. The van der Waals surface area contributed by atoms with E-state index in [2.05, 4.69) is 5.10 Å². The fraction of sp³-hybridized carbons (Fsp3) is 0.0625. The highest BCUT2D eigenvalue weighted by molar-refractivity contribution is 7.89. The molecule has 0 spiro atoms. The number of aromatic nitrogens is 2. The summed E-state index contributed by atoms with van der Waals surface area (Å²) >= 11 is 0. The molecule has 0 saturated carbocycles. The fourth-order valence-electron chi connectivity index (χ4n) is 2.43. The molecular formula is C16H12F2N4O4S. The number of sulfonamides is 1. The number of aryl methyl sites for hydroxylation is 1. The van der Waals surface area contributed by atoms with E-state index < -0.39 is 38.0 Å². The van der Waals surface area contributed by atoms with Crippen LogP contribution in [0.4, 0.5) is 8.78 Å². The van der Waals surface area contributed by atoms with E-state index in [0.717, 1.165) is 22.9 Å². The molecule has 140 valence electrons. The number of carbonyl (C=O) groups excluding carboxylic acids is 1. The van der Waals surface area contributed by atoms with Crippen LogP contribution in [0, 0.1) is 11.6 Å². The van der Waals surface area contributed by atoms with Crippen molar-refractivity contribution in [2.75, 3.05) is 0 Å². The number of amides is 1. The number of hydrazine groups is 1. The van der Waals surface area contributed by atoms with Crippen molar-refractivity contribution in [1.29, 1.82) is 0 Å². The van der Waals surface area contributed by atoms with Gasteiger partial charge in [-0.15, -0.1) is 4.83 Å². The monoisotopic (exact) mass is 394 g/mol. The molecule has 11 heteroatoms. The zero-order valence-corrected chi connectivity index (χ0v) is 14.5. The number of nitrogens with one attached hydrogen (secondary N) is 2. The molecule has 1 amide bonds.